The minimum absolute atomic E-state index is 0.131. The van der Waals surface area contributed by atoms with Crippen LogP contribution in [0.25, 0.3) is 0 Å². The van der Waals surface area contributed by atoms with Crippen molar-refractivity contribution >= 4 is 23.8 Å². The lowest BCUT2D eigenvalue weighted by molar-refractivity contribution is 0.102. The number of carbonyl (C=O) groups is 1. The van der Waals surface area contributed by atoms with Crippen molar-refractivity contribution in [2.75, 3.05) is 71.2 Å². The van der Waals surface area contributed by atoms with E-state index in [9.17, 15) is 9.18 Å². The number of aliphatic imine (C=N–C) groups is 1. The maximum Gasteiger partial charge on any atom is 0.255 e. The smallest absolute Gasteiger partial charge is 0.255 e. The number of nitrogens with two attached hydrogens (primary N) is 1. The van der Waals surface area contributed by atoms with E-state index in [1.165, 1.54) is 19.4 Å². The largest absolute Gasteiger partial charge is 0.481 e. The van der Waals surface area contributed by atoms with Gasteiger partial charge in [0.25, 0.3) is 5.91 Å². The van der Waals surface area contributed by atoms with Crippen molar-refractivity contribution in [3.8, 4) is 11.8 Å². The van der Waals surface area contributed by atoms with E-state index in [4.69, 9.17) is 15.2 Å². The number of hydrogen-bond acceptors (Lipinski definition) is 10. The van der Waals surface area contributed by atoms with Gasteiger partial charge in [0.1, 0.15) is 11.5 Å². The second kappa shape index (κ2) is 16.3. The first kappa shape index (κ1) is 33.1. The number of benzene rings is 2. The lowest BCUT2D eigenvalue weighted by Gasteiger charge is -2.32. The Morgan fingerprint density at radius 3 is 2.53 bits per heavy atom. The summed E-state index contributed by atoms with van der Waals surface area (Å²) < 4.78 is 25.0. The first-order valence-corrected chi connectivity index (χ1v) is 14.5. The monoisotopic (exact) mass is 614 g/mol. The highest BCUT2D eigenvalue weighted by Gasteiger charge is 2.16. The summed E-state index contributed by atoms with van der Waals surface area (Å²) in [6.45, 7) is 7.11. The van der Waals surface area contributed by atoms with Gasteiger partial charge in [0, 0.05) is 74.6 Å². The van der Waals surface area contributed by atoms with E-state index in [0.717, 1.165) is 31.7 Å². The predicted molar refractivity (Wildman–Crippen MR) is 173 cm³/mol. The van der Waals surface area contributed by atoms with Crippen molar-refractivity contribution in [3.63, 3.8) is 0 Å². The number of hydrogen-bond donors (Lipinski definition) is 3. The molecule has 1 aromatic heterocycles. The van der Waals surface area contributed by atoms with Crippen molar-refractivity contribution in [3.05, 3.63) is 94.0 Å². The molecule has 45 heavy (non-hydrogen) atoms. The van der Waals surface area contributed by atoms with Gasteiger partial charge in [-0.1, -0.05) is 24.0 Å². The Hall–Kier alpha value is -4.83. The molecular formula is C33H39FN8O3. The summed E-state index contributed by atoms with van der Waals surface area (Å²) in [5, 5.41) is 5.78. The molecule has 0 atom stereocenters. The number of rotatable bonds is 11. The molecule has 1 saturated heterocycles. The number of allylic oxidation sites excluding steroid dienone is 1. The first-order chi connectivity index (χ1) is 21.7. The summed E-state index contributed by atoms with van der Waals surface area (Å²) in [5.41, 5.74) is 9.86. The van der Waals surface area contributed by atoms with E-state index in [1.54, 1.807) is 43.8 Å². The van der Waals surface area contributed by atoms with Crippen LogP contribution in [-0.4, -0.2) is 92.5 Å². The lowest BCUT2D eigenvalue weighted by atomic mass is 10.0. The van der Waals surface area contributed by atoms with Crippen LogP contribution in [0.15, 0.2) is 65.4 Å². The number of methoxy groups -OCH3 is 2. The molecule has 4 N–H and O–H groups in total. The van der Waals surface area contributed by atoms with Crippen LogP contribution in [-0.2, 0) is 16.0 Å². The molecule has 11 nitrogen and oxygen atoms in total. The number of aryl methyl sites for hydroxylation is 1. The maximum absolute atomic E-state index is 14.9. The average molecular weight is 615 g/mol. The standard InChI is InChI=1S/C33H39FN8O3/c1-23-5-7-26(32(43)39-28-10-9-27(29(34)18-28)22-42-14-12-41(2)13-15-42)17-25(23)8-6-24-19-37-33(38-20-24)40-30(31(35)45-4)21-36-11-16-44-3/h5,7,9-10,17-21H,11-16,22,35H2,1-4H3,(H,39,43)(H,37,38,40). The van der Waals surface area contributed by atoms with Gasteiger partial charge in [-0.15, -0.1) is 0 Å². The molecule has 4 rings (SSSR count). The van der Waals surface area contributed by atoms with Crippen molar-refractivity contribution < 1.29 is 18.7 Å². The normalized spacial score (nSPS) is 14.4. The minimum atomic E-state index is -0.354. The van der Waals surface area contributed by atoms with Crippen LogP contribution in [0.4, 0.5) is 16.0 Å². The minimum Gasteiger partial charge on any atom is -0.481 e. The first-order valence-electron chi connectivity index (χ1n) is 14.5. The zero-order valence-electron chi connectivity index (χ0n) is 26.1. The van der Waals surface area contributed by atoms with Crippen molar-refractivity contribution in [1.82, 2.24) is 19.8 Å². The van der Waals surface area contributed by atoms with Crippen LogP contribution in [0, 0.1) is 24.6 Å². The van der Waals surface area contributed by atoms with Gasteiger partial charge in [-0.3, -0.25) is 14.7 Å². The molecular weight excluding hydrogens is 575 g/mol. The van der Waals surface area contributed by atoms with Crippen LogP contribution in [0.5, 0.6) is 0 Å². The van der Waals surface area contributed by atoms with Crippen LogP contribution < -0.4 is 16.4 Å². The molecule has 0 radical (unpaired) electrons. The molecule has 2 heterocycles. The second-order valence-electron chi connectivity index (χ2n) is 10.5. The summed E-state index contributed by atoms with van der Waals surface area (Å²) >= 11 is 0. The maximum atomic E-state index is 14.9. The third-order valence-corrected chi connectivity index (χ3v) is 7.17. The number of nitrogens with zero attached hydrogens (tertiary/aromatic N) is 5. The van der Waals surface area contributed by atoms with E-state index in [0.29, 0.717) is 53.3 Å². The number of likely N-dealkylation sites (N-methyl/N-ethyl adjacent to an activating group) is 1. The van der Waals surface area contributed by atoms with Gasteiger partial charge >= 0.3 is 0 Å². The molecule has 1 aliphatic heterocycles. The van der Waals surface area contributed by atoms with Gasteiger partial charge in [-0.2, -0.15) is 0 Å². The van der Waals surface area contributed by atoms with Gasteiger partial charge in [0.05, 0.1) is 32.0 Å². The van der Waals surface area contributed by atoms with Gasteiger partial charge < -0.3 is 30.7 Å². The van der Waals surface area contributed by atoms with E-state index in [1.807, 2.05) is 13.0 Å². The average Bonchev–Trinajstić information content (AvgIpc) is 3.04. The molecule has 0 bridgehead atoms. The number of halogens is 1. The molecule has 0 aliphatic carbocycles. The zero-order chi connectivity index (χ0) is 32.2. The van der Waals surface area contributed by atoms with E-state index in [2.05, 4.69) is 54.3 Å². The molecule has 236 valence electrons. The van der Waals surface area contributed by atoms with Crippen LogP contribution >= 0.6 is 0 Å². The van der Waals surface area contributed by atoms with Crippen molar-refractivity contribution in [2.24, 2.45) is 10.7 Å². The Balaban J connectivity index is 1.39. The molecule has 0 spiro atoms. The van der Waals surface area contributed by atoms with E-state index >= 15 is 0 Å². The number of aromatic nitrogens is 2. The van der Waals surface area contributed by atoms with Crippen LogP contribution in [0.3, 0.4) is 0 Å². The third-order valence-electron chi connectivity index (χ3n) is 7.17. The Labute approximate surface area is 263 Å². The summed E-state index contributed by atoms with van der Waals surface area (Å²) in [6, 6.07) is 10.1. The fourth-order valence-corrected chi connectivity index (χ4v) is 4.39. The highest BCUT2D eigenvalue weighted by molar-refractivity contribution is 6.04. The Kier molecular flexibility index (Phi) is 12.0. The molecule has 0 unspecified atom stereocenters. The number of amides is 1. The van der Waals surface area contributed by atoms with Crippen molar-refractivity contribution in [1.29, 1.82) is 0 Å². The van der Waals surface area contributed by atoms with Crippen LogP contribution in [0.1, 0.15) is 32.6 Å². The van der Waals surface area contributed by atoms with Crippen LogP contribution in [0.2, 0.25) is 0 Å². The topological polar surface area (TPSA) is 130 Å². The lowest BCUT2D eigenvalue weighted by Crippen LogP contribution is -2.44. The SMILES string of the molecule is COCCN=CC(Nc1ncc(C#Cc2cc(C(=O)Nc3ccc(CN4CCN(C)CC4)c(F)c3)ccc2C)cn1)=C(N)OC. The molecule has 0 saturated carbocycles. The van der Waals surface area contributed by atoms with Gasteiger partial charge in [-0.25, -0.2) is 14.4 Å². The molecule has 2 aromatic carbocycles. The Morgan fingerprint density at radius 1 is 1.09 bits per heavy atom. The fraction of sp³-hybridized carbons (Fsp3) is 0.333. The van der Waals surface area contributed by atoms with Gasteiger partial charge in [0.15, 0.2) is 0 Å². The quantitative estimate of drug-likeness (QED) is 0.129. The third kappa shape index (κ3) is 9.84. The predicted octanol–water partition coefficient (Wildman–Crippen LogP) is 3.23. The van der Waals surface area contributed by atoms with E-state index < -0.39 is 0 Å². The fourth-order valence-electron chi connectivity index (χ4n) is 4.39. The number of nitrogens with one attached hydrogen (secondary N) is 2. The molecule has 1 fully saturated rings. The Morgan fingerprint density at radius 2 is 1.84 bits per heavy atom. The highest BCUT2D eigenvalue weighted by Crippen LogP contribution is 2.19. The number of carbonyl (C=O) groups excluding carboxylic acids is 1. The molecule has 1 aliphatic rings. The number of piperazine rings is 1. The number of anilines is 2. The van der Waals surface area contributed by atoms with E-state index in [-0.39, 0.29) is 23.6 Å². The second-order valence-corrected chi connectivity index (χ2v) is 10.5. The molecule has 12 heteroatoms. The number of ether oxygens (including phenoxy) is 2. The zero-order valence-corrected chi connectivity index (χ0v) is 26.1. The molecule has 3 aromatic rings. The summed E-state index contributed by atoms with van der Waals surface area (Å²) in [7, 11) is 5.14. The van der Waals surface area contributed by atoms with Gasteiger partial charge in [-0.05, 0) is 43.8 Å². The summed E-state index contributed by atoms with van der Waals surface area (Å²) in [5.74, 6) is 5.86. The molecule has 1 amide bonds. The summed E-state index contributed by atoms with van der Waals surface area (Å²) in [4.78, 5) is 30.4. The Bertz CT molecular complexity index is 1590. The van der Waals surface area contributed by atoms with Crippen molar-refractivity contribution in [2.45, 2.75) is 13.5 Å². The highest BCUT2D eigenvalue weighted by atomic mass is 19.1. The summed E-state index contributed by atoms with van der Waals surface area (Å²) in [6.07, 6.45) is 4.67. The van der Waals surface area contributed by atoms with Gasteiger partial charge in [0.2, 0.25) is 11.8 Å².